The molecule has 2 saturated heterocycles. The second kappa shape index (κ2) is 8.31. The average molecular weight is 452 g/mol. The van der Waals surface area contributed by atoms with Crippen LogP contribution in [0, 0.1) is 0 Å². The molecule has 0 radical (unpaired) electrons. The van der Waals surface area contributed by atoms with Gasteiger partial charge in [0.1, 0.15) is 18.0 Å². The van der Waals surface area contributed by atoms with Gasteiger partial charge in [0.25, 0.3) is 0 Å². The predicted molar refractivity (Wildman–Crippen MR) is 98.9 cm³/mol. The number of alkyl halides is 2. The Morgan fingerprint density at radius 3 is 2.83 bits per heavy atom. The minimum Gasteiger partial charge on any atom is -0.462 e. The molecule has 0 amide bonds. The summed E-state index contributed by atoms with van der Waals surface area (Å²) in [7, 11) is -4.03. The lowest BCUT2D eigenvalue weighted by atomic mass is 10.1. The molecule has 3 N–H and O–H groups in total. The van der Waals surface area contributed by atoms with Crippen LogP contribution in [0.1, 0.15) is 27.0 Å². The molecule has 1 aromatic rings. The van der Waals surface area contributed by atoms with Gasteiger partial charge in [-0.2, -0.15) is 13.8 Å². The zero-order valence-electron chi connectivity index (χ0n) is 16.5. The fourth-order valence-electron chi connectivity index (χ4n) is 2.98. The molecule has 3 heterocycles. The summed E-state index contributed by atoms with van der Waals surface area (Å²) in [4.78, 5) is 27.2. The van der Waals surface area contributed by atoms with E-state index in [4.69, 9.17) is 24.3 Å². The van der Waals surface area contributed by atoms with Gasteiger partial charge in [-0.3, -0.25) is 23.8 Å². The smallest absolute Gasteiger partial charge is 0.351 e. The lowest BCUT2D eigenvalue weighted by Crippen LogP contribution is -2.46. The number of fused-ring (bicyclic) bond motifs is 1. The molecule has 0 aromatic carbocycles. The summed E-state index contributed by atoms with van der Waals surface area (Å²) in [5.41, 5.74) is 4.35. The molecule has 2 fully saturated rings. The summed E-state index contributed by atoms with van der Waals surface area (Å²) in [6.07, 6.45) is -5.03. The summed E-state index contributed by atoms with van der Waals surface area (Å²) in [5, 5.41) is 2.61. The number of nitrogens with zero attached hydrogens (tertiary/aromatic N) is 2. The number of nitrogen functional groups attached to an aromatic ring is 1. The summed E-state index contributed by atoms with van der Waals surface area (Å²) < 4.78 is 63.9. The third kappa shape index (κ3) is 4.54. The molecule has 30 heavy (non-hydrogen) atoms. The van der Waals surface area contributed by atoms with E-state index in [9.17, 15) is 22.9 Å². The van der Waals surface area contributed by atoms with E-state index in [2.05, 4.69) is 10.3 Å². The van der Waals surface area contributed by atoms with Crippen LogP contribution in [0.3, 0.4) is 0 Å². The molecule has 3 rings (SSSR count). The Labute approximate surface area is 170 Å². The standard InChI is InChI=1S/C16H23F2N4O7P/c1-8(2)27-13(23)9(3)20-7-30(25)26-6-10-12(29-30)16(17,18)14(28-10)22-5-4-11(19)21-15(22)24/h4-5,8-10,12,14,20H,6-7H2,1-3H3,(H2,19,21,24)/t9-,10+,12+,14+,30+/m0/s1. The van der Waals surface area contributed by atoms with E-state index < -0.39 is 62.5 Å². The minimum absolute atomic E-state index is 0.129. The SMILES string of the molecule is CC(C)OC(=O)[C@H](C)NC[P@@]1(=O)OC[C@H]2O[C@@H](n3ccc(N)nc3=O)C(F)(F)[C@@H]2O1. The molecule has 168 valence electrons. The number of anilines is 1. The first-order valence-corrected chi connectivity index (χ1v) is 10.9. The first-order valence-electron chi connectivity index (χ1n) is 9.17. The van der Waals surface area contributed by atoms with E-state index in [0.29, 0.717) is 4.57 Å². The molecule has 2 aliphatic heterocycles. The van der Waals surface area contributed by atoms with E-state index in [1.54, 1.807) is 13.8 Å². The maximum Gasteiger partial charge on any atom is 0.351 e. The molecular formula is C16H23F2N4O7P. The maximum atomic E-state index is 15.0. The molecule has 5 atom stereocenters. The number of hydrogen-bond acceptors (Lipinski definition) is 10. The highest BCUT2D eigenvalue weighted by Gasteiger charge is 2.64. The van der Waals surface area contributed by atoms with Crippen molar-refractivity contribution in [3.8, 4) is 0 Å². The van der Waals surface area contributed by atoms with Crippen LogP contribution >= 0.6 is 7.60 Å². The monoisotopic (exact) mass is 452 g/mol. The molecule has 1 aromatic heterocycles. The van der Waals surface area contributed by atoms with Crippen LogP contribution in [-0.4, -0.2) is 58.7 Å². The molecule has 0 saturated carbocycles. The lowest BCUT2D eigenvalue weighted by Gasteiger charge is -2.33. The number of esters is 1. The summed E-state index contributed by atoms with van der Waals surface area (Å²) >= 11 is 0. The number of carbonyl (C=O) groups is 1. The van der Waals surface area contributed by atoms with Crippen LogP contribution in [0.15, 0.2) is 17.1 Å². The Bertz CT molecular complexity index is 912. The van der Waals surface area contributed by atoms with Gasteiger partial charge in [0.05, 0.1) is 19.0 Å². The Hall–Kier alpha value is -1.92. The lowest BCUT2D eigenvalue weighted by molar-refractivity contribution is -0.149. The zero-order chi connectivity index (χ0) is 22.3. The third-order valence-electron chi connectivity index (χ3n) is 4.46. The Morgan fingerprint density at radius 2 is 2.20 bits per heavy atom. The van der Waals surface area contributed by atoms with Gasteiger partial charge < -0.3 is 19.7 Å². The van der Waals surface area contributed by atoms with Gasteiger partial charge in [-0.25, -0.2) is 4.79 Å². The van der Waals surface area contributed by atoms with Crippen molar-refractivity contribution in [2.75, 3.05) is 18.6 Å². The highest BCUT2D eigenvalue weighted by Crippen LogP contribution is 2.58. The third-order valence-corrected chi connectivity index (χ3v) is 6.12. The van der Waals surface area contributed by atoms with Gasteiger partial charge in [-0.15, -0.1) is 0 Å². The topological polar surface area (TPSA) is 144 Å². The van der Waals surface area contributed by atoms with Crippen LogP contribution in [0.5, 0.6) is 0 Å². The van der Waals surface area contributed by atoms with Crippen LogP contribution in [0.2, 0.25) is 0 Å². The Balaban J connectivity index is 1.71. The molecule has 11 nitrogen and oxygen atoms in total. The Kier molecular flexibility index (Phi) is 6.30. The van der Waals surface area contributed by atoms with Crippen LogP contribution in [0.4, 0.5) is 14.6 Å². The number of nitrogens with two attached hydrogens (primary N) is 1. The van der Waals surface area contributed by atoms with Gasteiger partial charge >= 0.3 is 25.2 Å². The molecule has 0 spiro atoms. The van der Waals surface area contributed by atoms with E-state index in [1.165, 1.54) is 13.0 Å². The molecule has 0 unspecified atom stereocenters. The summed E-state index contributed by atoms with van der Waals surface area (Å²) in [6.45, 7) is 4.35. The minimum atomic E-state index is -4.03. The largest absolute Gasteiger partial charge is 0.462 e. The van der Waals surface area contributed by atoms with E-state index in [0.717, 1.165) is 6.20 Å². The van der Waals surface area contributed by atoms with Crippen molar-refractivity contribution in [3.63, 3.8) is 0 Å². The number of rotatable bonds is 6. The predicted octanol–water partition coefficient (Wildman–Crippen LogP) is 0.854. The number of nitrogens with one attached hydrogen (secondary N) is 1. The molecule has 2 aliphatic rings. The molecule has 0 aliphatic carbocycles. The highest BCUT2D eigenvalue weighted by molar-refractivity contribution is 7.53. The van der Waals surface area contributed by atoms with Gasteiger partial charge in [0, 0.05) is 6.20 Å². The van der Waals surface area contributed by atoms with Gasteiger partial charge in [0.15, 0.2) is 6.10 Å². The number of halogens is 2. The van der Waals surface area contributed by atoms with Crippen molar-refractivity contribution in [2.45, 2.75) is 57.3 Å². The van der Waals surface area contributed by atoms with E-state index >= 15 is 0 Å². The van der Waals surface area contributed by atoms with Crippen LogP contribution in [0.25, 0.3) is 0 Å². The van der Waals surface area contributed by atoms with Crippen molar-refractivity contribution < 1.29 is 36.7 Å². The van der Waals surface area contributed by atoms with Crippen molar-refractivity contribution in [1.29, 1.82) is 0 Å². The molecule has 14 heteroatoms. The molecular weight excluding hydrogens is 429 g/mol. The van der Waals surface area contributed by atoms with E-state index in [1.807, 2.05) is 0 Å². The fourth-order valence-corrected chi connectivity index (χ4v) is 4.70. The van der Waals surface area contributed by atoms with Gasteiger partial charge in [-0.1, -0.05) is 0 Å². The average Bonchev–Trinajstić information content (AvgIpc) is 2.90. The van der Waals surface area contributed by atoms with Crippen molar-refractivity contribution in [1.82, 2.24) is 14.9 Å². The van der Waals surface area contributed by atoms with Gasteiger partial charge in [0.2, 0.25) is 6.23 Å². The molecule has 0 bridgehead atoms. The normalized spacial score (nSPS) is 31.3. The van der Waals surface area contributed by atoms with Crippen molar-refractivity contribution in [3.05, 3.63) is 22.7 Å². The van der Waals surface area contributed by atoms with Crippen molar-refractivity contribution in [2.24, 2.45) is 0 Å². The number of hydrogen-bond donors (Lipinski definition) is 2. The second-order valence-electron chi connectivity index (χ2n) is 7.25. The fraction of sp³-hybridized carbons (Fsp3) is 0.688. The maximum absolute atomic E-state index is 15.0. The van der Waals surface area contributed by atoms with Crippen LogP contribution < -0.4 is 16.7 Å². The summed E-state index contributed by atoms with van der Waals surface area (Å²) in [6, 6.07) is 0.308. The second-order valence-corrected chi connectivity index (χ2v) is 9.25. The first-order chi connectivity index (χ1) is 13.9. The quantitative estimate of drug-likeness (QED) is 0.471. The summed E-state index contributed by atoms with van der Waals surface area (Å²) in [5.74, 6) is -4.44. The number of aromatic nitrogens is 2. The Morgan fingerprint density at radius 1 is 1.50 bits per heavy atom. The van der Waals surface area contributed by atoms with Crippen molar-refractivity contribution >= 4 is 19.4 Å². The first kappa shape index (κ1) is 22.8. The van der Waals surface area contributed by atoms with Crippen LogP contribution in [-0.2, 0) is 27.9 Å². The zero-order valence-corrected chi connectivity index (χ0v) is 17.4. The van der Waals surface area contributed by atoms with E-state index in [-0.39, 0.29) is 11.9 Å². The van der Waals surface area contributed by atoms with Gasteiger partial charge in [-0.05, 0) is 26.8 Å². The number of ether oxygens (including phenoxy) is 2. The number of carbonyl (C=O) groups excluding carboxylic acids is 1. The highest BCUT2D eigenvalue weighted by atomic mass is 31.2.